The number of nitrogens with one attached hydrogen (secondary N) is 1. The Bertz CT molecular complexity index is 973. The molecule has 0 aliphatic carbocycles. The van der Waals surface area contributed by atoms with Gasteiger partial charge in [-0.25, -0.2) is 14.0 Å². The molecule has 2 aromatic rings. The molecule has 0 spiro atoms. The Morgan fingerprint density at radius 2 is 1.72 bits per heavy atom. The molecule has 0 fully saturated rings. The number of carbonyl (C=O) groups is 3. The highest BCUT2D eigenvalue weighted by molar-refractivity contribution is 5.92. The number of rotatable bonds is 9. The third-order valence-electron chi connectivity index (χ3n) is 4.36. The SMILES string of the molecule is CN(C(=O)OCc1ccc(NC(=O)Cc2ccc(F)cc2)cc1)[C@H](CO)C(=O)OCC#N. The smallest absolute Gasteiger partial charge is 0.410 e. The minimum Gasteiger partial charge on any atom is -0.449 e. The van der Waals surface area contributed by atoms with Gasteiger partial charge in [-0.2, -0.15) is 5.26 Å². The van der Waals surface area contributed by atoms with Gasteiger partial charge in [0.1, 0.15) is 18.5 Å². The van der Waals surface area contributed by atoms with Gasteiger partial charge in [-0.15, -0.1) is 0 Å². The van der Waals surface area contributed by atoms with E-state index in [0.29, 0.717) is 16.8 Å². The summed E-state index contributed by atoms with van der Waals surface area (Å²) in [5.74, 6) is -1.56. The molecule has 9 nitrogen and oxygen atoms in total. The standard InChI is InChI=1S/C22H22FN3O6/c1-26(19(13-27)21(29)31-11-10-24)22(30)32-14-16-4-8-18(9-5-16)25-20(28)12-15-2-6-17(23)7-3-15/h2-9,19,27H,11-14H2,1H3,(H,25,28)/t19-/m1/s1. The number of ether oxygens (including phenoxy) is 2. The maximum Gasteiger partial charge on any atom is 0.410 e. The van der Waals surface area contributed by atoms with Crippen LogP contribution in [0.1, 0.15) is 11.1 Å². The van der Waals surface area contributed by atoms with Gasteiger partial charge in [0.05, 0.1) is 13.0 Å². The van der Waals surface area contributed by atoms with E-state index in [1.54, 1.807) is 30.3 Å². The summed E-state index contributed by atoms with van der Waals surface area (Å²) in [4.78, 5) is 36.9. The van der Waals surface area contributed by atoms with Crippen molar-refractivity contribution < 1.29 is 33.4 Å². The molecule has 0 radical (unpaired) electrons. The van der Waals surface area contributed by atoms with Gasteiger partial charge in [-0.3, -0.25) is 9.69 Å². The number of nitriles is 1. The molecule has 1 atom stereocenters. The summed E-state index contributed by atoms with van der Waals surface area (Å²) in [6.07, 6.45) is -0.774. The maximum atomic E-state index is 12.9. The van der Waals surface area contributed by atoms with E-state index in [2.05, 4.69) is 10.1 Å². The number of esters is 1. The van der Waals surface area contributed by atoms with Crippen LogP contribution < -0.4 is 5.32 Å². The molecule has 2 amide bonds. The van der Waals surface area contributed by atoms with Crippen LogP contribution in [0, 0.1) is 17.1 Å². The van der Waals surface area contributed by atoms with Gasteiger partial charge in [0.15, 0.2) is 12.6 Å². The largest absolute Gasteiger partial charge is 0.449 e. The molecule has 2 rings (SSSR count). The quantitative estimate of drug-likeness (QED) is 0.567. The number of likely N-dealkylation sites (N-methyl/N-ethyl adjacent to an activating group) is 1. The van der Waals surface area contributed by atoms with Gasteiger partial charge in [-0.1, -0.05) is 24.3 Å². The van der Waals surface area contributed by atoms with Crippen molar-refractivity contribution in [1.82, 2.24) is 4.90 Å². The fourth-order valence-electron chi connectivity index (χ4n) is 2.61. The average molecular weight is 443 g/mol. The molecule has 0 aliphatic rings. The Kier molecular flexibility index (Phi) is 9.13. The van der Waals surface area contributed by atoms with Gasteiger partial charge in [-0.05, 0) is 35.4 Å². The van der Waals surface area contributed by atoms with Crippen LogP contribution in [0.15, 0.2) is 48.5 Å². The molecule has 10 heteroatoms. The van der Waals surface area contributed by atoms with E-state index in [9.17, 15) is 23.9 Å². The van der Waals surface area contributed by atoms with Crippen LogP contribution in [0.2, 0.25) is 0 Å². The molecule has 0 unspecified atom stereocenters. The number of hydrogen-bond acceptors (Lipinski definition) is 7. The second-order valence-corrected chi connectivity index (χ2v) is 6.68. The summed E-state index contributed by atoms with van der Waals surface area (Å²) in [5, 5.41) is 20.5. The first-order valence-electron chi connectivity index (χ1n) is 9.51. The number of anilines is 1. The van der Waals surface area contributed by atoms with Gasteiger partial charge < -0.3 is 19.9 Å². The van der Waals surface area contributed by atoms with Crippen molar-refractivity contribution in [1.29, 1.82) is 5.26 Å². The number of halogens is 1. The molecular weight excluding hydrogens is 421 g/mol. The first-order chi connectivity index (χ1) is 15.3. The number of hydrogen-bond donors (Lipinski definition) is 2. The Balaban J connectivity index is 1.84. The first-order valence-corrected chi connectivity index (χ1v) is 9.51. The van der Waals surface area contributed by atoms with Crippen molar-refractivity contribution >= 4 is 23.7 Å². The predicted octanol–water partition coefficient (Wildman–Crippen LogP) is 2.00. The van der Waals surface area contributed by atoms with Gasteiger partial charge in [0.2, 0.25) is 5.91 Å². The lowest BCUT2D eigenvalue weighted by molar-refractivity contribution is -0.149. The van der Waals surface area contributed by atoms with Crippen LogP contribution in [0.5, 0.6) is 0 Å². The topological polar surface area (TPSA) is 129 Å². The van der Waals surface area contributed by atoms with Crippen molar-refractivity contribution in [2.75, 3.05) is 25.6 Å². The van der Waals surface area contributed by atoms with Gasteiger partial charge in [0, 0.05) is 12.7 Å². The van der Waals surface area contributed by atoms with Gasteiger partial charge in [0.25, 0.3) is 0 Å². The molecule has 0 aromatic heterocycles. The molecular formula is C22H22FN3O6. The lowest BCUT2D eigenvalue weighted by Crippen LogP contribution is -2.45. The highest BCUT2D eigenvalue weighted by atomic mass is 19.1. The molecule has 0 heterocycles. The number of aliphatic hydroxyl groups is 1. The van der Waals surface area contributed by atoms with E-state index < -0.39 is 31.3 Å². The Morgan fingerprint density at radius 3 is 2.31 bits per heavy atom. The van der Waals surface area contributed by atoms with Crippen molar-refractivity contribution in [2.24, 2.45) is 0 Å². The Hall–Kier alpha value is -3.97. The molecule has 0 aliphatic heterocycles. The monoisotopic (exact) mass is 443 g/mol. The molecule has 0 bridgehead atoms. The average Bonchev–Trinajstić information content (AvgIpc) is 2.78. The summed E-state index contributed by atoms with van der Waals surface area (Å²) in [6, 6.07) is 12.5. The number of nitrogens with zero attached hydrogens (tertiary/aromatic N) is 2. The normalized spacial score (nSPS) is 11.1. The zero-order valence-corrected chi connectivity index (χ0v) is 17.3. The van der Waals surface area contributed by atoms with E-state index in [1.165, 1.54) is 31.3 Å². The molecule has 168 valence electrons. The Morgan fingerprint density at radius 1 is 1.09 bits per heavy atom. The van der Waals surface area contributed by atoms with Crippen LogP contribution in [0.3, 0.4) is 0 Å². The molecule has 0 saturated heterocycles. The highest BCUT2D eigenvalue weighted by Crippen LogP contribution is 2.13. The van der Waals surface area contributed by atoms with E-state index in [0.717, 1.165) is 4.90 Å². The molecule has 2 aromatic carbocycles. The van der Waals surface area contributed by atoms with E-state index in [-0.39, 0.29) is 24.8 Å². The van der Waals surface area contributed by atoms with Crippen molar-refractivity contribution in [3.63, 3.8) is 0 Å². The van der Waals surface area contributed by atoms with Crippen molar-refractivity contribution in [3.05, 3.63) is 65.5 Å². The lowest BCUT2D eigenvalue weighted by atomic mass is 10.1. The van der Waals surface area contributed by atoms with Crippen LogP contribution >= 0.6 is 0 Å². The van der Waals surface area contributed by atoms with E-state index >= 15 is 0 Å². The number of aliphatic hydroxyl groups excluding tert-OH is 1. The van der Waals surface area contributed by atoms with Crippen molar-refractivity contribution in [3.8, 4) is 6.07 Å². The summed E-state index contributed by atoms with van der Waals surface area (Å²) in [7, 11) is 1.26. The summed E-state index contributed by atoms with van der Waals surface area (Å²) < 4.78 is 22.7. The third-order valence-corrected chi connectivity index (χ3v) is 4.36. The summed E-state index contributed by atoms with van der Waals surface area (Å²) in [6.45, 7) is -1.30. The van der Waals surface area contributed by atoms with Crippen LogP contribution in [0.4, 0.5) is 14.9 Å². The Labute approximate surface area is 184 Å². The molecule has 0 saturated carbocycles. The number of benzene rings is 2. The first kappa shape index (κ1) is 24.3. The predicted molar refractivity (Wildman–Crippen MR) is 111 cm³/mol. The summed E-state index contributed by atoms with van der Waals surface area (Å²) in [5.41, 5.74) is 1.83. The number of carbonyl (C=O) groups excluding carboxylic acids is 3. The van der Waals surface area contributed by atoms with Crippen LogP contribution in [-0.2, 0) is 32.1 Å². The third kappa shape index (κ3) is 7.37. The van der Waals surface area contributed by atoms with E-state index in [1.807, 2.05) is 0 Å². The fourth-order valence-corrected chi connectivity index (χ4v) is 2.61. The summed E-state index contributed by atoms with van der Waals surface area (Å²) >= 11 is 0. The van der Waals surface area contributed by atoms with E-state index in [4.69, 9.17) is 10.00 Å². The zero-order chi connectivity index (χ0) is 23.5. The maximum absolute atomic E-state index is 12.9. The lowest BCUT2D eigenvalue weighted by Gasteiger charge is -2.23. The highest BCUT2D eigenvalue weighted by Gasteiger charge is 2.28. The molecule has 32 heavy (non-hydrogen) atoms. The van der Waals surface area contributed by atoms with Crippen molar-refractivity contribution in [2.45, 2.75) is 19.1 Å². The zero-order valence-electron chi connectivity index (χ0n) is 17.3. The minimum absolute atomic E-state index is 0.0921. The molecule has 2 N–H and O–H groups in total. The van der Waals surface area contributed by atoms with Crippen LogP contribution in [-0.4, -0.2) is 54.3 Å². The van der Waals surface area contributed by atoms with Crippen LogP contribution in [0.25, 0.3) is 0 Å². The second kappa shape index (κ2) is 12.0. The minimum atomic E-state index is -1.30. The fraction of sp³-hybridized carbons (Fsp3) is 0.273. The second-order valence-electron chi connectivity index (χ2n) is 6.68. The number of amides is 2. The van der Waals surface area contributed by atoms with Gasteiger partial charge >= 0.3 is 12.1 Å².